The van der Waals surface area contributed by atoms with E-state index in [2.05, 4.69) is 33.4 Å². The molecular formula is C16H23N5. The molecule has 5 nitrogen and oxygen atoms in total. The lowest BCUT2D eigenvalue weighted by Gasteiger charge is -2.38. The van der Waals surface area contributed by atoms with E-state index in [0.717, 1.165) is 36.5 Å². The van der Waals surface area contributed by atoms with E-state index in [0.29, 0.717) is 23.7 Å². The predicted octanol–water partition coefficient (Wildman–Crippen LogP) is 2.07. The summed E-state index contributed by atoms with van der Waals surface area (Å²) in [5.41, 5.74) is 2.49. The summed E-state index contributed by atoms with van der Waals surface area (Å²) >= 11 is 0. The Hall–Kier alpha value is -1.67. The summed E-state index contributed by atoms with van der Waals surface area (Å²) in [6, 6.07) is 4.07. The highest BCUT2D eigenvalue weighted by Crippen LogP contribution is 2.33. The SMILES string of the molecule is CCN(c1nnc(C)c(C)c1C#N)C1CC2CCC(C1)N2. The minimum atomic E-state index is 0.470. The molecule has 0 radical (unpaired) electrons. The van der Waals surface area contributed by atoms with Crippen LogP contribution in [0.2, 0.25) is 0 Å². The van der Waals surface area contributed by atoms with Gasteiger partial charge in [0.05, 0.1) is 5.69 Å². The monoisotopic (exact) mass is 285 g/mol. The summed E-state index contributed by atoms with van der Waals surface area (Å²) in [5, 5.41) is 21.8. The van der Waals surface area contributed by atoms with Crippen molar-refractivity contribution in [2.24, 2.45) is 0 Å². The number of aryl methyl sites for hydroxylation is 1. The van der Waals surface area contributed by atoms with Gasteiger partial charge in [0.1, 0.15) is 11.6 Å². The second kappa shape index (κ2) is 5.61. The van der Waals surface area contributed by atoms with Gasteiger partial charge in [-0.1, -0.05) is 0 Å². The molecule has 2 aliphatic heterocycles. The van der Waals surface area contributed by atoms with Crippen molar-refractivity contribution >= 4 is 5.82 Å². The van der Waals surface area contributed by atoms with E-state index in [4.69, 9.17) is 0 Å². The van der Waals surface area contributed by atoms with E-state index in [9.17, 15) is 5.26 Å². The first kappa shape index (κ1) is 14.3. The first-order chi connectivity index (χ1) is 10.1. The smallest absolute Gasteiger partial charge is 0.169 e. The van der Waals surface area contributed by atoms with Crippen LogP contribution in [0, 0.1) is 25.2 Å². The van der Waals surface area contributed by atoms with E-state index in [1.807, 2.05) is 13.8 Å². The van der Waals surface area contributed by atoms with Crippen molar-refractivity contribution in [2.75, 3.05) is 11.4 Å². The number of aromatic nitrogens is 2. The lowest BCUT2D eigenvalue weighted by molar-refractivity contribution is 0.347. The number of nitriles is 1. The first-order valence-electron chi connectivity index (χ1n) is 7.90. The second-order valence-corrected chi connectivity index (χ2v) is 6.27. The van der Waals surface area contributed by atoms with Gasteiger partial charge in [-0.15, -0.1) is 5.10 Å². The lowest BCUT2D eigenvalue weighted by atomic mass is 9.97. The lowest BCUT2D eigenvalue weighted by Crippen LogP contribution is -2.49. The third kappa shape index (κ3) is 2.49. The average molecular weight is 285 g/mol. The Balaban J connectivity index is 1.94. The van der Waals surface area contributed by atoms with E-state index in [1.165, 1.54) is 12.8 Å². The minimum Gasteiger partial charge on any atom is -0.351 e. The van der Waals surface area contributed by atoms with Crippen LogP contribution in [0.5, 0.6) is 0 Å². The topological polar surface area (TPSA) is 64.8 Å². The molecule has 1 aromatic rings. The summed E-state index contributed by atoms with van der Waals surface area (Å²) in [6.45, 7) is 6.89. The standard InChI is InChI=1S/C16H23N5/c1-4-21(14-7-12-5-6-13(8-14)18-12)16-15(9-17)10(2)11(3)19-20-16/h12-14,18H,4-8H2,1-3H3. The molecule has 21 heavy (non-hydrogen) atoms. The Morgan fingerprint density at radius 2 is 1.90 bits per heavy atom. The van der Waals surface area contributed by atoms with Crippen LogP contribution in [0.4, 0.5) is 5.82 Å². The minimum absolute atomic E-state index is 0.470. The molecule has 0 aliphatic carbocycles. The molecule has 2 fully saturated rings. The molecule has 3 heterocycles. The molecule has 2 unspecified atom stereocenters. The highest BCUT2D eigenvalue weighted by atomic mass is 15.3. The van der Waals surface area contributed by atoms with Crippen LogP contribution in [0.1, 0.15) is 49.4 Å². The summed E-state index contributed by atoms with van der Waals surface area (Å²) in [6.07, 6.45) is 4.85. The summed E-state index contributed by atoms with van der Waals surface area (Å²) in [7, 11) is 0. The molecule has 3 rings (SSSR count). The van der Waals surface area contributed by atoms with Crippen molar-refractivity contribution in [3.8, 4) is 6.07 Å². The molecule has 0 saturated carbocycles. The van der Waals surface area contributed by atoms with Gasteiger partial charge < -0.3 is 10.2 Å². The Bertz CT molecular complexity index is 565. The second-order valence-electron chi connectivity index (χ2n) is 6.27. The van der Waals surface area contributed by atoms with Crippen molar-refractivity contribution in [3.63, 3.8) is 0 Å². The fourth-order valence-corrected chi connectivity index (χ4v) is 3.79. The van der Waals surface area contributed by atoms with Crippen LogP contribution in [0.15, 0.2) is 0 Å². The van der Waals surface area contributed by atoms with Crippen molar-refractivity contribution < 1.29 is 0 Å². The predicted molar refractivity (Wildman–Crippen MR) is 82.2 cm³/mol. The molecule has 0 amide bonds. The number of rotatable bonds is 3. The fraction of sp³-hybridized carbons (Fsp3) is 0.688. The third-order valence-corrected chi connectivity index (χ3v) is 5.05. The molecule has 5 heteroatoms. The largest absolute Gasteiger partial charge is 0.351 e. The van der Waals surface area contributed by atoms with Gasteiger partial charge in [-0.05, 0) is 52.0 Å². The van der Waals surface area contributed by atoms with Crippen LogP contribution in [-0.4, -0.2) is 34.9 Å². The molecule has 0 aromatic carbocycles. The van der Waals surface area contributed by atoms with Gasteiger partial charge in [-0.3, -0.25) is 0 Å². The number of hydrogen-bond acceptors (Lipinski definition) is 5. The Morgan fingerprint density at radius 1 is 1.24 bits per heavy atom. The van der Waals surface area contributed by atoms with E-state index in [1.54, 1.807) is 0 Å². The van der Waals surface area contributed by atoms with Crippen LogP contribution < -0.4 is 10.2 Å². The Labute approximate surface area is 126 Å². The average Bonchev–Trinajstić information content (AvgIpc) is 2.82. The van der Waals surface area contributed by atoms with Gasteiger partial charge in [0.25, 0.3) is 0 Å². The number of piperidine rings is 1. The zero-order valence-corrected chi connectivity index (χ0v) is 13.1. The Kier molecular flexibility index (Phi) is 3.81. The van der Waals surface area contributed by atoms with Crippen LogP contribution >= 0.6 is 0 Å². The number of nitrogens with zero attached hydrogens (tertiary/aromatic N) is 4. The van der Waals surface area contributed by atoms with Gasteiger partial charge in [-0.2, -0.15) is 10.4 Å². The summed E-state index contributed by atoms with van der Waals surface area (Å²) < 4.78 is 0. The van der Waals surface area contributed by atoms with Crippen molar-refractivity contribution in [2.45, 2.75) is 64.6 Å². The quantitative estimate of drug-likeness (QED) is 0.921. The highest BCUT2D eigenvalue weighted by Gasteiger charge is 2.36. The van der Waals surface area contributed by atoms with Crippen molar-refractivity contribution in [1.29, 1.82) is 5.26 Å². The maximum atomic E-state index is 9.53. The van der Waals surface area contributed by atoms with Crippen LogP contribution in [-0.2, 0) is 0 Å². The van der Waals surface area contributed by atoms with Crippen LogP contribution in [0.25, 0.3) is 0 Å². The van der Waals surface area contributed by atoms with Crippen LogP contribution in [0.3, 0.4) is 0 Å². The fourth-order valence-electron chi connectivity index (χ4n) is 3.79. The first-order valence-corrected chi connectivity index (χ1v) is 7.90. The maximum absolute atomic E-state index is 9.53. The zero-order valence-electron chi connectivity index (χ0n) is 13.1. The number of anilines is 1. The summed E-state index contributed by atoms with van der Waals surface area (Å²) in [5.74, 6) is 0.773. The normalized spacial score (nSPS) is 27.4. The number of hydrogen-bond donors (Lipinski definition) is 1. The van der Waals surface area contributed by atoms with E-state index in [-0.39, 0.29) is 0 Å². The van der Waals surface area contributed by atoms with Crippen molar-refractivity contribution in [3.05, 3.63) is 16.8 Å². The van der Waals surface area contributed by atoms with Gasteiger partial charge in [-0.25, -0.2) is 0 Å². The van der Waals surface area contributed by atoms with Gasteiger partial charge in [0, 0.05) is 24.7 Å². The zero-order chi connectivity index (χ0) is 15.0. The molecule has 1 N–H and O–H groups in total. The van der Waals surface area contributed by atoms with Crippen molar-refractivity contribution in [1.82, 2.24) is 15.5 Å². The number of nitrogens with one attached hydrogen (secondary N) is 1. The molecule has 112 valence electrons. The molecule has 2 aliphatic rings. The summed E-state index contributed by atoms with van der Waals surface area (Å²) in [4.78, 5) is 2.30. The molecule has 2 saturated heterocycles. The van der Waals surface area contributed by atoms with Gasteiger partial charge in [0.2, 0.25) is 0 Å². The highest BCUT2D eigenvalue weighted by molar-refractivity contribution is 5.58. The maximum Gasteiger partial charge on any atom is 0.169 e. The Morgan fingerprint density at radius 3 is 2.48 bits per heavy atom. The van der Waals surface area contributed by atoms with E-state index < -0.39 is 0 Å². The van der Waals surface area contributed by atoms with E-state index >= 15 is 0 Å². The van der Waals surface area contributed by atoms with Gasteiger partial charge >= 0.3 is 0 Å². The molecular weight excluding hydrogens is 262 g/mol. The van der Waals surface area contributed by atoms with Gasteiger partial charge in [0.15, 0.2) is 5.82 Å². The molecule has 2 bridgehead atoms. The molecule has 0 spiro atoms. The molecule has 2 atom stereocenters. The third-order valence-electron chi connectivity index (χ3n) is 5.05. The number of fused-ring (bicyclic) bond motifs is 2. The molecule has 1 aromatic heterocycles.